The Morgan fingerprint density at radius 2 is 1.13 bits per heavy atom. The van der Waals surface area contributed by atoms with Crippen LogP contribution in [0.25, 0.3) is 12.2 Å². The smallest absolute Gasteiger partial charge is 0.258 e. The molecule has 2 saturated heterocycles. The quantitative estimate of drug-likeness (QED) is 0.145. The number of carbonyl (C=O) groups is 2. The summed E-state index contributed by atoms with van der Waals surface area (Å²) in [7, 11) is 0. The zero-order valence-electron chi connectivity index (χ0n) is 34.6. The zero-order chi connectivity index (χ0) is 42.5. The number of thiazole rings is 2. The Kier molecular flexibility index (Phi) is 14.1. The van der Waals surface area contributed by atoms with Gasteiger partial charge in [-0.3, -0.25) is 29.0 Å². The number of aliphatic hydroxyl groups is 2. The number of carbonyl (C=O) groups excluding carboxylic acids is 2. The molecule has 4 aliphatic heterocycles. The number of fused-ring (bicyclic) bond motifs is 8. The minimum atomic E-state index is -0.410. The molecule has 4 aliphatic rings. The van der Waals surface area contributed by atoms with Gasteiger partial charge in [-0.15, -0.1) is 22.7 Å². The first-order valence-corrected chi connectivity index (χ1v) is 22.7. The molecule has 4 N–H and O–H groups in total. The van der Waals surface area contributed by atoms with Gasteiger partial charge in [-0.25, -0.2) is 9.97 Å². The monoisotopic (exact) mass is 856 g/mol. The highest BCUT2D eigenvalue weighted by Gasteiger charge is 2.57. The molecule has 2 amide bonds. The number of amides is 2. The highest BCUT2D eigenvalue weighted by atomic mass is 32.1. The molecule has 14 nitrogen and oxygen atoms in total. The second-order valence-corrected chi connectivity index (χ2v) is 17.8. The van der Waals surface area contributed by atoms with Crippen LogP contribution in [-0.4, -0.2) is 89.3 Å². The lowest BCUT2D eigenvalue weighted by Gasteiger charge is -2.37. The summed E-state index contributed by atoms with van der Waals surface area (Å²) in [6.07, 6.45) is 12.6. The summed E-state index contributed by atoms with van der Waals surface area (Å²) in [5.74, 6) is -1.40. The van der Waals surface area contributed by atoms with Gasteiger partial charge in [0.05, 0.1) is 37.0 Å². The first kappa shape index (κ1) is 43.5. The number of nitrogens with one attached hydrogen (secondary N) is 2. The predicted molar refractivity (Wildman–Crippen MR) is 234 cm³/mol. The van der Waals surface area contributed by atoms with Gasteiger partial charge < -0.3 is 30.0 Å². The van der Waals surface area contributed by atoms with Crippen molar-refractivity contribution in [2.45, 2.75) is 90.9 Å². The summed E-state index contributed by atoms with van der Waals surface area (Å²) < 4.78 is 3.61. The topological polar surface area (TPSA) is 175 Å². The fourth-order valence-corrected chi connectivity index (χ4v) is 11.1. The van der Waals surface area contributed by atoms with Crippen molar-refractivity contribution >= 4 is 46.6 Å². The van der Waals surface area contributed by atoms with Crippen LogP contribution in [0.2, 0.25) is 0 Å². The van der Waals surface area contributed by atoms with Crippen molar-refractivity contribution in [2.75, 3.05) is 26.3 Å². The van der Waals surface area contributed by atoms with E-state index in [4.69, 9.17) is 0 Å². The zero-order valence-corrected chi connectivity index (χ0v) is 36.3. The average Bonchev–Trinajstić information content (AvgIpc) is 4.05. The van der Waals surface area contributed by atoms with Crippen molar-refractivity contribution < 1.29 is 19.8 Å². The van der Waals surface area contributed by atoms with Crippen molar-refractivity contribution in [1.29, 1.82) is 0 Å². The van der Waals surface area contributed by atoms with Gasteiger partial charge in [0.25, 0.3) is 11.1 Å². The molecule has 0 aliphatic carbocycles. The third-order valence-electron chi connectivity index (χ3n) is 12.4. The van der Waals surface area contributed by atoms with Gasteiger partial charge in [0.1, 0.15) is 10.0 Å². The van der Waals surface area contributed by atoms with Crippen LogP contribution in [-0.2, 0) is 35.8 Å². The van der Waals surface area contributed by atoms with E-state index < -0.39 is 11.8 Å². The van der Waals surface area contributed by atoms with Crippen LogP contribution in [0.3, 0.4) is 0 Å². The summed E-state index contributed by atoms with van der Waals surface area (Å²) in [4.78, 5) is 65.9. The SMILES string of the molecule is C/C=C/c1ccc2n(c1=O)C[C@@H]1[C@@H](CO)[C@H](C(=O)NCCC)[C@H]2N1Cc1nccs1.C/C=C\c1ccc2n(c1=O)C[C@@H]1[C@@H](CO)[C@H](C(=O)NCCC)[C@H]2N1Cc1nccs1. The second-order valence-electron chi connectivity index (χ2n) is 15.8. The second kappa shape index (κ2) is 19.4. The molecule has 16 heteroatoms. The minimum Gasteiger partial charge on any atom is -0.396 e. The van der Waals surface area contributed by atoms with Gasteiger partial charge in [0, 0.05) is 109 Å². The maximum atomic E-state index is 13.2. The molecule has 0 saturated carbocycles. The highest BCUT2D eigenvalue weighted by Crippen LogP contribution is 2.50. The number of pyridine rings is 2. The number of hydrogen-bond donors (Lipinski definition) is 4. The average molecular weight is 857 g/mol. The fourth-order valence-electron chi connectivity index (χ4n) is 9.84. The van der Waals surface area contributed by atoms with E-state index in [1.165, 1.54) is 0 Å². The van der Waals surface area contributed by atoms with Gasteiger partial charge in [-0.1, -0.05) is 38.2 Å². The van der Waals surface area contributed by atoms with E-state index in [0.29, 0.717) is 50.4 Å². The Labute approximate surface area is 358 Å². The number of allylic oxidation sites excluding steroid dienone is 2. The molecular weight excluding hydrogens is 801 g/mol. The summed E-state index contributed by atoms with van der Waals surface area (Å²) in [6, 6.07) is 6.86. The molecule has 4 aromatic heterocycles. The van der Waals surface area contributed by atoms with Gasteiger partial charge in [0.15, 0.2) is 0 Å². The number of aliphatic hydroxyl groups excluding tert-OH is 2. The maximum Gasteiger partial charge on any atom is 0.258 e. The molecule has 8 atom stereocenters. The van der Waals surface area contributed by atoms with E-state index >= 15 is 0 Å². The Balaban J connectivity index is 0.000000181. The molecule has 60 heavy (non-hydrogen) atoms. The fraction of sp³-hybridized carbons (Fsp3) is 0.500. The minimum absolute atomic E-state index is 0.0409. The number of rotatable bonds is 14. The van der Waals surface area contributed by atoms with E-state index in [1.807, 2.05) is 87.0 Å². The highest BCUT2D eigenvalue weighted by molar-refractivity contribution is 7.09. The van der Waals surface area contributed by atoms with Gasteiger partial charge in [0.2, 0.25) is 11.8 Å². The molecule has 2 fully saturated rings. The van der Waals surface area contributed by atoms with Gasteiger partial charge in [-0.05, 0) is 51.0 Å². The maximum absolute atomic E-state index is 13.2. The lowest BCUT2D eigenvalue weighted by molar-refractivity contribution is -0.128. The lowest BCUT2D eigenvalue weighted by atomic mass is 9.86. The van der Waals surface area contributed by atoms with Crippen molar-refractivity contribution in [3.63, 3.8) is 0 Å². The number of nitrogens with zero attached hydrogens (tertiary/aromatic N) is 6. The van der Waals surface area contributed by atoms with E-state index in [1.54, 1.807) is 44.2 Å². The Morgan fingerprint density at radius 1 is 0.717 bits per heavy atom. The van der Waals surface area contributed by atoms with Crippen LogP contribution < -0.4 is 21.8 Å². The van der Waals surface area contributed by atoms with E-state index in [0.717, 1.165) is 34.2 Å². The summed E-state index contributed by atoms with van der Waals surface area (Å²) in [6.45, 7) is 11.0. The largest absolute Gasteiger partial charge is 0.396 e. The summed E-state index contributed by atoms with van der Waals surface area (Å²) in [5, 5.41) is 32.4. The van der Waals surface area contributed by atoms with Crippen molar-refractivity contribution in [3.05, 3.63) is 113 Å². The first-order valence-electron chi connectivity index (χ1n) is 21.0. The van der Waals surface area contributed by atoms with E-state index in [2.05, 4.69) is 30.4 Å². The van der Waals surface area contributed by atoms with Crippen LogP contribution >= 0.6 is 22.7 Å². The predicted octanol–water partition coefficient (Wildman–Crippen LogP) is 4.06. The number of hydrogen-bond acceptors (Lipinski definition) is 12. The third kappa shape index (κ3) is 8.25. The Morgan fingerprint density at radius 3 is 1.47 bits per heavy atom. The van der Waals surface area contributed by atoms with Gasteiger partial charge >= 0.3 is 0 Å². The molecule has 8 rings (SSSR count). The van der Waals surface area contributed by atoms with Crippen LogP contribution in [0.4, 0.5) is 0 Å². The van der Waals surface area contributed by atoms with Gasteiger partial charge in [-0.2, -0.15) is 0 Å². The standard InChI is InChI=1S/2C22H28N4O3S/c2*1-3-5-14-6-7-16-20-19(21(28)24-8-4-2)15(13-27)17(11-26(16)22(14)29)25(20)12-18-23-9-10-30-18/h2*3,5-7,9-10,15,17,19-20,27H,4,8,11-13H2,1-2H3,(H,24,28)/b5-3+;5-3-/t2*15-,17-,19+,20+/m11/s1. The van der Waals surface area contributed by atoms with Crippen LogP contribution in [0.15, 0.2) is 69.2 Å². The molecule has 4 bridgehead atoms. The van der Waals surface area contributed by atoms with Crippen LogP contribution in [0.5, 0.6) is 0 Å². The Bertz CT molecular complexity index is 2130. The summed E-state index contributed by atoms with van der Waals surface area (Å²) >= 11 is 3.16. The molecule has 0 spiro atoms. The van der Waals surface area contributed by atoms with E-state index in [9.17, 15) is 29.4 Å². The van der Waals surface area contributed by atoms with E-state index in [-0.39, 0.29) is 72.1 Å². The Hall–Kier alpha value is -4.58. The first-order chi connectivity index (χ1) is 29.2. The molecule has 0 radical (unpaired) electrons. The third-order valence-corrected chi connectivity index (χ3v) is 13.9. The number of aromatic nitrogens is 4. The molecule has 320 valence electrons. The van der Waals surface area contributed by atoms with Crippen LogP contribution in [0.1, 0.15) is 85.2 Å². The van der Waals surface area contributed by atoms with Crippen molar-refractivity contribution in [2.24, 2.45) is 23.7 Å². The molecule has 4 aromatic rings. The molecule has 0 unspecified atom stereocenters. The molecule has 8 heterocycles. The van der Waals surface area contributed by atoms with Crippen molar-refractivity contribution in [3.8, 4) is 0 Å². The summed E-state index contributed by atoms with van der Waals surface area (Å²) in [5.41, 5.74) is 2.88. The van der Waals surface area contributed by atoms with Crippen molar-refractivity contribution in [1.82, 2.24) is 39.5 Å². The lowest BCUT2D eigenvalue weighted by Crippen LogP contribution is -2.46. The van der Waals surface area contributed by atoms with Crippen LogP contribution in [0, 0.1) is 23.7 Å². The normalized spacial score (nSPS) is 25.6. The molecular formula is C44H56N8O6S2. The molecule has 0 aromatic carbocycles.